The second kappa shape index (κ2) is 7.46. The van der Waals surface area contributed by atoms with Crippen molar-refractivity contribution in [2.45, 2.75) is 83.5 Å². The summed E-state index contributed by atoms with van der Waals surface area (Å²) in [5.41, 5.74) is 0.225. The summed E-state index contributed by atoms with van der Waals surface area (Å²) < 4.78 is 0. The second-order valence-corrected chi connectivity index (χ2v) is 14.3. The normalized spacial score (nSPS) is 52.0. The summed E-state index contributed by atoms with van der Waals surface area (Å²) in [6.45, 7) is 3.82. The summed E-state index contributed by atoms with van der Waals surface area (Å²) in [5.74, 6) is 3.59. The van der Waals surface area contributed by atoms with Crippen LogP contribution in [-0.4, -0.2) is 60.0 Å². The summed E-state index contributed by atoms with van der Waals surface area (Å²) in [4.78, 5) is 30.8. The van der Waals surface area contributed by atoms with Crippen molar-refractivity contribution in [3.05, 3.63) is 0 Å². The summed E-state index contributed by atoms with van der Waals surface area (Å²) in [6, 6.07) is 0. The van der Waals surface area contributed by atoms with E-state index in [0.29, 0.717) is 29.1 Å². The van der Waals surface area contributed by atoms with Crippen LogP contribution in [0.15, 0.2) is 0 Å². The lowest BCUT2D eigenvalue weighted by molar-refractivity contribution is -0.152. The van der Waals surface area contributed by atoms with Gasteiger partial charge >= 0.3 is 5.97 Å². The number of rotatable bonds is 3. The van der Waals surface area contributed by atoms with Gasteiger partial charge in [-0.05, 0) is 118 Å². The van der Waals surface area contributed by atoms with Crippen molar-refractivity contribution >= 4 is 11.9 Å². The van der Waals surface area contributed by atoms with Gasteiger partial charge in [0.05, 0.1) is 5.41 Å². The molecule has 0 aromatic heterocycles. The Morgan fingerprint density at radius 2 is 1.56 bits per heavy atom. The fourth-order valence-electron chi connectivity index (χ4n) is 11.6. The van der Waals surface area contributed by atoms with E-state index in [2.05, 4.69) is 16.8 Å². The van der Waals surface area contributed by atoms with Gasteiger partial charge in [-0.25, -0.2) is 0 Å². The molecule has 188 valence electrons. The van der Waals surface area contributed by atoms with Crippen LogP contribution in [0.1, 0.15) is 83.5 Å². The van der Waals surface area contributed by atoms with Gasteiger partial charge in [-0.15, -0.1) is 0 Å². The van der Waals surface area contributed by atoms with Crippen LogP contribution in [0.2, 0.25) is 0 Å². The molecule has 0 radical (unpaired) electrons. The highest BCUT2D eigenvalue weighted by Crippen LogP contribution is 2.77. The first-order chi connectivity index (χ1) is 16.3. The number of amides is 1. The molecule has 34 heavy (non-hydrogen) atoms. The number of nitrogens with zero attached hydrogens (tertiary/aromatic N) is 2. The van der Waals surface area contributed by atoms with Crippen molar-refractivity contribution in [2.75, 3.05) is 33.2 Å². The predicted molar refractivity (Wildman–Crippen MR) is 130 cm³/mol. The Labute approximate surface area is 205 Å². The van der Waals surface area contributed by atoms with Crippen molar-refractivity contribution < 1.29 is 14.7 Å². The van der Waals surface area contributed by atoms with E-state index in [1.165, 1.54) is 51.4 Å². The van der Waals surface area contributed by atoms with Crippen molar-refractivity contribution in [2.24, 2.45) is 51.8 Å². The maximum atomic E-state index is 13.6. The fraction of sp³-hybridized carbons (Fsp3) is 0.931. The highest BCUT2D eigenvalue weighted by atomic mass is 16.4. The van der Waals surface area contributed by atoms with E-state index in [1.807, 2.05) is 0 Å². The molecule has 1 heterocycles. The van der Waals surface area contributed by atoms with Gasteiger partial charge in [0, 0.05) is 32.1 Å². The molecule has 7 fully saturated rings. The molecule has 0 spiro atoms. The molecule has 6 bridgehead atoms. The SMILES string of the molecule is CN1CCN(C(=O)C2CC3CC4CC(C56CC7CCCC(C(=O)O)(C5)C(C7)C6)(C3)CC4C2)CC1. The number of aliphatic carboxylic acids is 1. The van der Waals surface area contributed by atoms with Gasteiger partial charge < -0.3 is 14.9 Å². The molecule has 6 aliphatic carbocycles. The van der Waals surface area contributed by atoms with Crippen LogP contribution in [0, 0.1) is 51.8 Å². The Bertz CT molecular complexity index is 879. The van der Waals surface area contributed by atoms with Gasteiger partial charge in [0.15, 0.2) is 0 Å². The largest absolute Gasteiger partial charge is 0.481 e. The Kier molecular flexibility index (Phi) is 4.85. The van der Waals surface area contributed by atoms with Crippen molar-refractivity contribution in [1.82, 2.24) is 9.80 Å². The average Bonchev–Trinajstić information content (AvgIpc) is 3.09. The van der Waals surface area contributed by atoms with E-state index in [0.717, 1.165) is 70.1 Å². The number of carbonyl (C=O) groups excluding carboxylic acids is 1. The van der Waals surface area contributed by atoms with Crippen LogP contribution in [0.5, 0.6) is 0 Å². The van der Waals surface area contributed by atoms with E-state index in [1.54, 1.807) is 0 Å². The third-order valence-electron chi connectivity index (χ3n) is 12.8. The Balaban J connectivity index is 1.16. The highest BCUT2D eigenvalue weighted by molar-refractivity contribution is 5.79. The number of hydrogen-bond acceptors (Lipinski definition) is 3. The molecule has 7 aliphatic rings. The van der Waals surface area contributed by atoms with E-state index in [4.69, 9.17) is 0 Å². The smallest absolute Gasteiger partial charge is 0.309 e. The first-order valence-electron chi connectivity index (χ1n) is 14.5. The third kappa shape index (κ3) is 3.00. The second-order valence-electron chi connectivity index (χ2n) is 14.3. The molecule has 1 aliphatic heterocycles. The fourth-order valence-corrected chi connectivity index (χ4v) is 11.6. The van der Waals surface area contributed by atoms with Crippen LogP contribution in [0.4, 0.5) is 0 Å². The lowest BCUT2D eigenvalue weighted by Crippen LogP contribution is -2.50. The third-order valence-corrected chi connectivity index (χ3v) is 12.8. The maximum absolute atomic E-state index is 13.6. The number of piperazine rings is 1. The Hall–Kier alpha value is -1.10. The minimum absolute atomic E-state index is 0.240. The summed E-state index contributed by atoms with van der Waals surface area (Å²) in [6.07, 6.45) is 15.5. The van der Waals surface area contributed by atoms with Crippen molar-refractivity contribution in [3.8, 4) is 0 Å². The lowest BCUT2D eigenvalue weighted by Gasteiger charge is -2.55. The minimum Gasteiger partial charge on any atom is -0.481 e. The van der Waals surface area contributed by atoms with E-state index in [9.17, 15) is 14.7 Å². The first-order valence-corrected chi connectivity index (χ1v) is 14.5. The van der Waals surface area contributed by atoms with Gasteiger partial charge in [0.2, 0.25) is 5.91 Å². The molecule has 7 rings (SSSR count). The molecule has 0 aromatic carbocycles. The minimum atomic E-state index is -0.471. The predicted octanol–water partition coefficient (Wildman–Crippen LogP) is 4.65. The number of carboxylic acid groups (broad SMARTS) is 1. The van der Waals surface area contributed by atoms with Crippen molar-refractivity contribution in [1.29, 1.82) is 0 Å². The van der Waals surface area contributed by atoms with Crippen LogP contribution in [-0.2, 0) is 9.59 Å². The van der Waals surface area contributed by atoms with Crippen molar-refractivity contribution in [3.63, 3.8) is 0 Å². The molecular weight excluding hydrogens is 424 g/mol. The molecular formula is C29H44N2O3. The van der Waals surface area contributed by atoms with Gasteiger partial charge in [-0.3, -0.25) is 9.59 Å². The Morgan fingerprint density at radius 1 is 0.824 bits per heavy atom. The molecule has 5 heteroatoms. The average molecular weight is 469 g/mol. The zero-order chi connectivity index (χ0) is 23.3. The van der Waals surface area contributed by atoms with Crippen LogP contribution in [0.3, 0.4) is 0 Å². The number of carbonyl (C=O) groups is 2. The monoisotopic (exact) mass is 468 g/mol. The molecule has 1 amide bonds. The first kappa shape index (κ1) is 22.1. The zero-order valence-corrected chi connectivity index (χ0v) is 21.1. The van der Waals surface area contributed by atoms with E-state index in [-0.39, 0.29) is 11.3 Å². The van der Waals surface area contributed by atoms with Crippen LogP contribution < -0.4 is 0 Å². The molecule has 1 N–H and O–H groups in total. The van der Waals surface area contributed by atoms with E-state index < -0.39 is 11.4 Å². The Morgan fingerprint density at radius 3 is 2.32 bits per heavy atom. The number of fused-ring (bicyclic) bond motifs is 5. The van der Waals surface area contributed by atoms with Gasteiger partial charge in [-0.1, -0.05) is 12.8 Å². The zero-order valence-electron chi connectivity index (χ0n) is 21.1. The summed E-state index contributed by atoms with van der Waals surface area (Å²) >= 11 is 0. The number of carboxylic acids is 1. The van der Waals surface area contributed by atoms with Gasteiger partial charge in [0.25, 0.3) is 0 Å². The molecule has 9 unspecified atom stereocenters. The summed E-state index contributed by atoms with van der Waals surface area (Å²) in [7, 11) is 2.16. The van der Waals surface area contributed by atoms with Gasteiger partial charge in [0.1, 0.15) is 0 Å². The highest BCUT2D eigenvalue weighted by Gasteiger charge is 2.71. The molecule has 5 nitrogen and oxygen atoms in total. The molecule has 0 aromatic rings. The number of likely N-dealkylation sites (N-methyl/N-ethyl adjacent to an activating group) is 1. The molecule has 6 saturated carbocycles. The maximum Gasteiger partial charge on any atom is 0.309 e. The van der Waals surface area contributed by atoms with Crippen LogP contribution in [0.25, 0.3) is 0 Å². The quantitative estimate of drug-likeness (QED) is 0.655. The van der Waals surface area contributed by atoms with E-state index >= 15 is 0 Å². The molecule has 9 atom stereocenters. The molecule has 1 saturated heterocycles. The standard InChI is InChI=1S/C29H44N2O3/c1-30-5-7-31(8-6-30)25(32)21-9-20-10-22-15-27(14-20,16-23(22)12-21)28-13-19-3-2-4-29(18-28,26(33)34)24(11-19)17-28/h19-24H,2-18H2,1H3,(H,33,34). The van der Waals surface area contributed by atoms with Gasteiger partial charge in [-0.2, -0.15) is 0 Å². The lowest BCUT2D eigenvalue weighted by atomic mass is 9.50. The number of hydrogen-bond donors (Lipinski definition) is 1. The van der Waals surface area contributed by atoms with Crippen LogP contribution >= 0.6 is 0 Å². The topological polar surface area (TPSA) is 60.9 Å². The summed E-state index contributed by atoms with van der Waals surface area (Å²) in [5, 5.41) is 10.5.